The number of ether oxygens (including phenoxy) is 1. The van der Waals surface area contributed by atoms with Gasteiger partial charge in [-0.2, -0.15) is 0 Å². The molecule has 2 unspecified atom stereocenters. The zero-order valence-electron chi connectivity index (χ0n) is 12.1. The summed E-state index contributed by atoms with van der Waals surface area (Å²) in [5, 5.41) is 2.83. The first kappa shape index (κ1) is 16.3. The molecule has 2 rings (SSSR count). The molecule has 0 spiro atoms. The van der Waals surface area contributed by atoms with Gasteiger partial charge in [-0.3, -0.25) is 4.79 Å². The largest absolute Gasteiger partial charge is 0.368 e. The second-order valence-electron chi connectivity index (χ2n) is 5.42. The van der Waals surface area contributed by atoms with Crippen LogP contribution < -0.4 is 5.32 Å². The number of hydrogen-bond acceptors (Lipinski definition) is 4. The van der Waals surface area contributed by atoms with Gasteiger partial charge < -0.3 is 10.1 Å². The fourth-order valence-electron chi connectivity index (χ4n) is 2.49. The Hall–Kier alpha value is -1.11. The predicted octanol–water partition coefficient (Wildman–Crippen LogP) is 2.59. The lowest BCUT2D eigenvalue weighted by Gasteiger charge is -2.17. The van der Waals surface area contributed by atoms with Crippen LogP contribution in [0.2, 0.25) is 0 Å². The van der Waals surface area contributed by atoms with Gasteiger partial charge in [-0.1, -0.05) is 6.92 Å². The molecular formula is C14H18ClNO4S. The summed E-state index contributed by atoms with van der Waals surface area (Å²) >= 11 is 0. The number of carbonyl (C=O) groups excluding carboxylic acids is 1. The van der Waals surface area contributed by atoms with Crippen molar-refractivity contribution in [1.82, 2.24) is 0 Å². The van der Waals surface area contributed by atoms with Gasteiger partial charge >= 0.3 is 0 Å². The summed E-state index contributed by atoms with van der Waals surface area (Å²) in [5.41, 5.74) is 1.90. The van der Waals surface area contributed by atoms with Gasteiger partial charge in [-0.25, -0.2) is 8.42 Å². The van der Waals surface area contributed by atoms with Gasteiger partial charge in [-0.15, -0.1) is 0 Å². The van der Waals surface area contributed by atoms with Crippen LogP contribution in [0.15, 0.2) is 17.0 Å². The smallest absolute Gasteiger partial charge is 0.261 e. The minimum Gasteiger partial charge on any atom is -0.368 e. The molecule has 7 heteroatoms. The average Bonchev–Trinajstić information content (AvgIpc) is 2.78. The summed E-state index contributed by atoms with van der Waals surface area (Å²) in [6, 6.07) is 2.90. The number of benzene rings is 1. The summed E-state index contributed by atoms with van der Waals surface area (Å²) in [7, 11) is 1.57. The Bertz CT molecular complexity index is 649. The van der Waals surface area contributed by atoms with Crippen molar-refractivity contribution in [3.63, 3.8) is 0 Å². The van der Waals surface area contributed by atoms with Gasteiger partial charge in [0.15, 0.2) is 0 Å². The number of amides is 1. The summed E-state index contributed by atoms with van der Waals surface area (Å²) in [5.74, 6) is -0.0271. The van der Waals surface area contributed by atoms with Crippen LogP contribution in [0.3, 0.4) is 0 Å². The van der Waals surface area contributed by atoms with Gasteiger partial charge in [0.1, 0.15) is 6.10 Å². The van der Waals surface area contributed by atoms with E-state index in [4.69, 9.17) is 15.4 Å². The van der Waals surface area contributed by atoms with Crippen molar-refractivity contribution in [2.45, 2.75) is 38.2 Å². The van der Waals surface area contributed by atoms with Crippen molar-refractivity contribution in [3.05, 3.63) is 23.3 Å². The van der Waals surface area contributed by atoms with E-state index in [1.165, 1.54) is 12.1 Å². The molecular weight excluding hydrogens is 314 g/mol. The minimum atomic E-state index is -3.78. The minimum absolute atomic E-state index is 0.0302. The van der Waals surface area contributed by atoms with Gasteiger partial charge in [0.2, 0.25) is 0 Å². The lowest BCUT2D eigenvalue weighted by atomic mass is 10.0. The van der Waals surface area contributed by atoms with Crippen LogP contribution in [-0.2, 0) is 18.6 Å². The molecule has 116 valence electrons. The lowest BCUT2D eigenvalue weighted by molar-refractivity contribution is -0.126. The maximum atomic E-state index is 12.2. The van der Waals surface area contributed by atoms with E-state index < -0.39 is 15.2 Å². The molecule has 5 nitrogen and oxygen atoms in total. The standard InChI is InChI=1S/C14H18ClNO4S/c1-8-4-5-20-13(8)14(17)16-12-9(2)6-11(7-10(12)3)21(15,18)19/h6-8,13H,4-5H2,1-3H3,(H,16,17). The molecule has 0 bridgehead atoms. The fraction of sp³-hybridized carbons (Fsp3) is 0.500. The Morgan fingerprint density at radius 3 is 2.33 bits per heavy atom. The van der Waals surface area contributed by atoms with Crippen molar-refractivity contribution in [2.75, 3.05) is 11.9 Å². The third-order valence-corrected chi connectivity index (χ3v) is 5.02. The maximum Gasteiger partial charge on any atom is 0.261 e. The average molecular weight is 332 g/mol. The van der Waals surface area contributed by atoms with Crippen molar-refractivity contribution < 1.29 is 17.9 Å². The Morgan fingerprint density at radius 2 is 1.90 bits per heavy atom. The lowest BCUT2D eigenvalue weighted by Crippen LogP contribution is -2.31. The topological polar surface area (TPSA) is 72.5 Å². The number of nitrogens with one attached hydrogen (secondary N) is 1. The van der Waals surface area contributed by atoms with Crippen molar-refractivity contribution in [2.24, 2.45) is 5.92 Å². The molecule has 1 fully saturated rings. The SMILES string of the molecule is Cc1cc(S(=O)(=O)Cl)cc(C)c1NC(=O)C1OCCC1C. The first-order valence-electron chi connectivity index (χ1n) is 6.68. The molecule has 1 aromatic rings. The van der Waals surface area contributed by atoms with E-state index in [2.05, 4.69) is 5.32 Å². The summed E-state index contributed by atoms with van der Waals surface area (Å²) in [6.07, 6.45) is 0.402. The summed E-state index contributed by atoms with van der Waals surface area (Å²) < 4.78 is 28.2. The molecule has 0 aliphatic carbocycles. The van der Waals surface area contributed by atoms with E-state index in [1.54, 1.807) is 13.8 Å². The summed E-state index contributed by atoms with van der Waals surface area (Å²) in [6.45, 7) is 6.01. The Labute approximate surface area is 129 Å². The normalized spacial score (nSPS) is 22.3. The van der Waals surface area contributed by atoms with E-state index in [1.807, 2.05) is 6.92 Å². The first-order valence-corrected chi connectivity index (χ1v) is 8.99. The molecule has 21 heavy (non-hydrogen) atoms. The van der Waals surface area contributed by atoms with E-state index in [0.717, 1.165) is 6.42 Å². The van der Waals surface area contributed by atoms with Crippen LogP contribution in [-0.4, -0.2) is 27.0 Å². The Balaban J connectivity index is 2.27. The van der Waals surface area contributed by atoms with E-state index in [-0.39, 0.29) is 16.7 Å². The first-order chi connectivity index (χ1) is 9.70. The third kappa shape index (κ3) is 3.56. The van der Waals surface area contributed by atoms with Crippen LogP contribution >= 0.6 is 10.7 Å². The van der Waals surface area contributed by atoms with E-state index in [9.17, 15) is 13.2 Å². The molecule has 2 atom stereocenters. The van der Waals surface area contributed by atoms with Crippen molar-refractivity contribution >= 4 is 31.3 Å². The predicted molar refractivity (Wildman–Crippen MR) is 81.1 cm³/mol. The Morgan fingerprint density at radius 1 is 1.33 bits per heavy atom. The van der Waals surface area contributed by atoms with Gasteiger partial charge in [-0.05, 0) is 49.4 Å². The highest BCUT2D eigenvalue weighted by molar-refractivity contribution is 8.13. The van der Waals surface area contributed by atoms with Crippen molar-refractivity contribution in [1.29, 1.82) is 0 Å². The maximum absolute atomic E-state index is 12.2. The number of anilines is 1. The quantitative estimate of drug-likeness (QED) is 0.864. The highest BCUT2D eigenvalue weighted by Crippen LogP contribution is 2.28. The highest BCUT2D eigenvalue weighted by Gasteiger charge is 2.31. The third-order valence-electron chi connectivity index (χ3n) is 3.68. The van der Waals surface area contributed by atoms with Crippen molar-refractivity contribution in [3.8, 4) is 0 Å². The van der Waals surface area contributed by atoms with Crippen LogP contribution in [0.4, 0.5) is 5.69 Å². The van der Waals surface area contributed by atoms with E-state index in [0.29, 0.717) is 23.4 Å². The second-order valence-corrected chi connectivity index (χ2v) is 7.98. The number of aryl methyl sites for hydroxylation is 2. The zero-order valence-corrected chi connectivity index (χ0v) is 13.7. The molecule has 1 aliphatic heterocycles. The second kappa shape index (κ2) is 5.94. The zero-order chi connectivity index (χ0) is 15.8. The summed E-state index contributed by atoms with van der Waals surface area (Å²) in [4.78, 5) is 12.3. The molecule has 1 heterocycles. The van der Waals surface area contributed by atoms with E-state index >= 15 is 0 Å². The molecule has 0 saturated carbocycles. The van der Waals surface area contributed by atoms with Crippen LogP contribution in [0, 0.1) is 19.8 Å². The molecule has 0 aromatic heterocycles. The highest BCUT2D eigenvalue weighted by atomic mass is 35.7. The molecule has 1 amide bonds. The van der Waals surface area contributed by atoms with Gasteiger partial charge in [0.05, 0.1) is 4.90 Å². The van der Waals surface area contributed by atoms with Crippen LogP contribution in [0.5, 0.6) is 0 Å². The molecule has 1 N–H and O–H groups in total. The van der Waals surface area contributed by atoms with Crippen LogP contribution in [0.25, 0.3) is 0 Å². The number of rotatable bonds is 3. The van der Waals surface area contributed by atoms with Crippen LogP contribution in [0.1, 0.15) is 24.5 Å². The van der Waals surface area contributed by atoms with Gasteiger partial charge in [0.25, 0.3) is 15.0 Å². The number of halogens is 1. The number of hydrogen-bond donors (Lipinski definition) is 1. The Kier molecular flexibility index (Phi) is 4.60. The molecule has 1 aliphatic rings. The van der Waals surface area contributed by atoms with Gasteiger partial charge in [0, 0.05) is 23.0 Å². The molecule has 0 radical (unpaired) electrons. The number of carbonyl (C=O) groups is 1. The molecule has 1 aromatic carbocycles. The fourth-order valence-corrected chi connectivity index (χ4v) is 3.39. The monoisotopic (exact) mass is 331 g/mol. The molecule has 1 saturated heterocycles.